The molecule has 21 heavy (non-hydrogen) atoms. The Balaban J connectivity index is 2.05. The van der Waals surface area contributed by atoms with Crippen molar-refractivity contribution in [1.29, 1.82) is 0 Å². The molecule has 0 spiro atoms. The summed E-state index contributed by atoms with van der Waals surface area (Å²) in [6.07, 6.45) is 0.565. The molecule has 0 saturated carbocycles. The molecule has 2 amide bonds. The van der Waals surface area contributed by atoms with E-state index in [4.69, 9.17) is 5.73 Å². The summed E-state index contributed by atoms with van der Waals surface area (Å²) in [5.41, 5.74) is 8.21. The summed E-state index contributed by atoms with van der Waals surface area (Å²) >= 11 is 0. The Morgan fingerprint density at radius 2 is 2.05 bits per heavy atom. The van der Waals surface area contributed by atoms with Gasteiger partial charge in [0.05, 0.1) is 0 Å². The van der Waals surface area contributed by atoms with Crippen LogP contribution in [0.25, 0.3) is 0 Å². The van der Waals surface area contributed by atoms with E-state index in [0.717, 1.165) is 16.8 Å². The van der Waals surface area contributed by atoms with Crippen LogP contribution in [-0.4, -0.2) is 22.0 Å². The highest BCUT2D eigenvalue weighted by atomic mass is 16.2. The summed E-state index contributed by atoms with van der Waals surface area (Å²) in [5, 5.41) is 9.59. The number of hydrogen-bond acceptors (Lipinski definition) is 3. The fourth-order valence-electron chi connectivity index (χ4n) is 2.95. The summed E-state index contributed by atoms with van der Waals surface area (Å²) in [5.74, 6) is -1.68. The minimum absolute atomic E-state index is 0.299. The molecule has 6 nitrogen and oxygen atoms in total. The molecule has 1 aromatic carbocycles. The summed E-state index contributed by atoms with van der Waals surface area (Å²) in [4.78, 5) is 23.9. The van der Waals surface area contributed by atoms with Gasteiger partial charge in [-0.05, 0) is 18.9 Å². The Morgan fingerprint density at radius 3 is 2.71 bits per heavy atom. The van der Waals surface area contributed by atoms with Gasteiger partial charge in [-0.2, -0.15) is 5.10 Å². The molecular weight excluding hydrogens is 268 g/mol. The van der Waals surface area contributed by atoms with Crippen LogP contribution in [0, 0.1) is 12.8 Å². The molecule has 2 atom stereocenters. The zero-order valence-electron chi connectivity index (χ0n) is 11.6. The number of hydrogen-bond donors (Lipinski definition) is 3. The summed E-state index contributed by atoms with van der Waals surface area (Å²) in [7, 11) is 0. The largest absolute Gasteiger partial charge is 0.369 e. The van der Waals surface area contributed by atoms with E-state index in [2.05, 4.69) is 15.5 Å². The SMILES string of the molecule is Cc1[nH]nc2c1C(Cc1ccccc1)C(C(N)=O)C(=O)N2. The zero-order valence-corrected chi connectivity index (χ0v) is 11.6. The number of nitrogens with one attached hydrogen (secondary N) is 2. The molecule has 2 unspecified atom stereocenters. The summed E-state index contributed by atoms with van der Waals surface area (Å²) < 4.78 is 0. The molecule has 0 bridgehead atoms. The van der Waals surface area contributed by atoms with Gasteiger partial charge in [0.2, 0.25) is 11.8 Å². The van der Waals surface area contributed by atoms with Crippen LogP contribution < -0.4 is 11.1 Å². The molecule has 0 fully saturated rings. The van der Waals surface area contributed by atoms with Crippen molar-refractivity contribution >= 4 is 17.6 Å². The van der Waals surface area contributed by atoms with Gasteiger partial charge in [-0.25, -0.2) is 0 Å². The number of benzene rings is 1. The summed E-state index contributed by atoms with van der Waals surface area (Å²) in [6, 6.07) is 9.73. The van der Waals surface area contributed by atoms with E-state index in [-0.39, 0.29) is 11.8 Å². The average molecular weight is 284 g/mol. The highest BCUT2D eigenvalue weighted by Gasteiger charge is 2.41. The number of nitrogens with two attached hydrogens (primary N) is 1. The third-order valence-corrected chi connectivity index (χ3v) is 3.90. The van der Waals surface area contributed by atoms with Gasteiger partial charge in [0.25, 0.3) is 0 Å². The number of aromatic amines is 1. The fourth-order valence-corrected chi connectivity index (χ4v) is 2.95. The van der Waals surface area contributed by atoms with Gasteiger partial charge in [0.15, 0.2) is 5.82 Å². The van der Waals surface area contributed by atoms with E-state index >= 15 is 0 Å². The molecule has 108 valence electrons. The molecule has 0 radical (unpaired) electrons. The summed E-state index contributed by atoms with van der Waals surface area (Å²) in [6.45, 7) is 1.87. The van der Waals surface area contributed by atoms with Crippen LogP contribution in [0.4, 0.5) is 5.82 Å². The predicted molar refractivity (Wildman–Crippen MR) is 77.5 cm³/mol. The highest BCUT2D eigenvalue weighted by Crippen LogP contribution is 2.38. The van der Waals surface area contributed by atoms with Crippen molar-refractivity contribution in [2.75, 3.05) is 5.32 Å². The first-order valence-corrected chi connectivity index (χ1v) is 6.77. The van der Waals surface area contributed by atoms with Crippen LogP contribution in [0.15, 0.2) is 30.3 Å². The van der Waals surface area contributed by atoms with Crippen molar-refractivity contribution in [2.45, 2.75) is 19.3 Å². The number of nitrogens with zero attached hydrogens (tertiary/aromatic N) is 1. The van der Waals surface area contributed by atoms with Crippen LogP contribution in [0.1, 0.15) is 22.7 Å². The maximum absolute atomic E-state index is 12.1. The Bertz CT molecular complexity index is 693. The highest BCUT2D eigenvalue weighted by molar-refractivity contribution is 6.08. The van der Waals surface area contributed by atoms with Gasteiger partial charge >= 0.3 is 0 Å². The van der Waals surface area contributed by atoms with E-state index in [1.807, 2.05) is 37.3 Å². The zero-order chi connectivity index (χ0) is 15.0. The molecule has 1 aliphatic rings. The van der Waals surface area contributed by atoms with Crippen LogP contribution in [0.5, 0.6) is 0 Å². The van der Waals surface area contributed by atoms with E-state index in [9.17, 15) is 9.59 Å². The van der Waals surface area contributed by atoms with E-state index < -0.39 is 11.8 Å². The fraction of sp³-hybridized carbons (Fsp3) is 0.267. The van der Waals surface area contributed by atoms with Gasteiger partial charge in [0.1, 0.15) is 5.92 Å². The van der Waals surface area contributed by atoms with Crippen LogP contribution in [-0.2, 0) is 16.0 Å². The number of fused-ring (bicyclic) bond motifs is 1. The lowest BCUT2D eigenvalue weighted by molar-refractivity contribution is -0.131. The van der Waals surface area contributed by atoms with Crippen LogP contribution in [0.2, 0.25) is 0 Å². The Labute approximate surface area is 121 Å². The van der Waals surface area contributed by atoms with E-state index in [0.29, 0.717) is 12.2 Å². The number of amides is 2. The number of carbonyl (C=O) groups excluding carboxylic acids is 2. The molecule has 0 aliphatic carbocycles. The smallest absolute Gasteiger partial charge is 0.238 e. The lowest BCUT2D eigenvalue weighted by Crippen LogP contribution is -2.42. The number of H-pyrrole nitrogens is 1. The number of rotatable bonds is 3. The molecule has 1 aromatic heterocycles. The predicted octanol–water partition coefficient (Wildman–Crippen LogP) is 1.10. The third kappa shape index (κ3) is 2.29. The number of carbonyl (C=O) groups is 2. The molecule has 2 aromatic rings. The van der Waals surface area contributed by atoms with E-state index in [1.54, 1.807) is 0 Å². The quantitative estimate of drug-likeness (QED) is 0.735. The second kappa shape index (κ2) is 5.05. The second-order valence-corrected chi connectivity index (χ2v) is 5.28. The van der Waals surface area contributed by atoms with Crippen molar-refractivity contribution in [3.8, 4) is 0 Å². The molecule has 6 heteroatoms. The van der Waals surface area contributed by atoms with Crippen molar-refractivity contribution in [2.24, 2.45) is 11.7 Å². The maximum atomic E-state index is 12.1. The first-order valence-electron chi connectivity index (χ1n) is 6.77. The molecule has 2 heterocycles. The minimum Gasteiger partial charge on any atom is -0.369 e. The number of aromatic nitrogens is 2. The first kappa shape index (κ1) is 13.4. The molecule has 1 aliphatic heterocycles. The van der Waals surface area contributed by atoms with Crippen molar-refractivity contribution in [3.63, 3.8) is 0 Å². The molecule has 0 saturated heterocycles. The van der Waals surface area contributed by atoms with Gasteiger partial charge in [-0.1, -0.05) is 30.3 Å². The lowest BCUT2D eigenvalue weighted by Gasteiger charge is -2.29. The Kier molecular flexibility index (Phi) is 3.21. The standard InChI is InChI=1S/C15H16N4O2/c1-8-11-10(7-9-5-3-2-4-6-9)12(13(16)20)15(21)17-14(11)19-18-8/h2-6,10,12H,7H2,1H3,(H2,16,20)(H2,17,18,19,21). The lowest BCUT2D eigenvalue weighted by atomic mass is 9.78. The van der Waals surface area contributed by atoms with Crippen molar-refractivity contribution < 1.29 is 9.59 Å². The van der Waals surface area contributed by atoms with E-state index in [1.165, 1.54) is 0 Å². The first-order chi connectivity index (χ1) is 10.1. The van der Waals surface area contributed by atoms with Gasteiger partial charge in [0, 0.05) is 17.2 Å². The molecule has 3 rings (SSSR count). The number of primary amides is 1. The second-order valence-electron chi connectivity index (χ2n) is 5.28. The Hall–Kier alpha value is -2.63. The van der Waals surface area contributed by atoms with Gasteiger partial charge in [-0.15, -0.1) is 0 Å². The van der Waals surface area contributed by atoms with Crippen molar-refractivity contribution in [1.82, 2.24) is 10.2 Å². The monoisotopic (exact) mass is 284 g/mol. The Morgan fingerprint density at radius 1 is 1.33 bits per heavy atom. The molecular formula is C15H16N4O2. The van der Waals surface area contributed by atoms with Crippen LogP contribution >= 0.6 is 0 Å². The van der Waals surface area contributed by atoms with Gasteiger partial charge < -0.3 is 11.1 Å². The topological polar surface area (TPSA) is 101 Å². The maximum Gasteiger partial charge on any atom is 0.238 e. The molecule has 4 N–H and O–H groups in total. The third-order valence-electron chi connectivity index (χ3n) is 3.90. The van der Waals surface area contributed by atoms with Crippen LogP contribution in [0.3, 0.4) is 0 Å². The van der Waals surface area contributed by atoms with Gasteiger partial charge in [-0.3, -0.25) is 14.7 Å². The number of anilines is 1. The average Bonchev–Trinajstić information content (AvgIpc) is 2.80. The van der Waals surface area contributed by atoms with Crippen molar-refractivity contribution in [3.05, 3.63) is 47.2 Å². The number of aryl methyl sites for hydroxylation is 1. The normalized spacial score (nSPS) is 20.7. The minimum atomic E-state index is -0.881.